The molecule has 1 aromatic rings. The van der Waals surface area contributed by atoms with Gasteiger partial charge in [0.05, 0.1) is 0 Å². The Morgan fingerprint density at radius 2 is 1.00 bits per heavy atom. The van der Waals surface area contributed by atoms with Crippen LogP contribution in [0.25, 0.3) is 0 Å². The van der Waals surface area contributed by atoms with E-state index in [9.17, 15) is 0 Å². The highest BCUT2D eigenvalue weighted by Crippen LogP contribution is 2.17. The summed E-state index contributed by atoms with van der Waals surface area (Å²) in [5.74, 6) is 0. The first kappa shape index (κ1) is 26.2. The average molecular weight is 402 g/mol. The van der Waals surface area contributed by atoms with Crippen LogP contribution in [0.2, 0.25) is 0 Å². The van der Waals surface area contributed by atoms with E-state index in [1.807, 2.05) is 0 Å². The fraction of sp³-hybridized carbons (Fsp3) is 0.786. The third-order valence-corrected chi connectivity index (χ3v) is 6.69. The molecule has 1 N–H and O–H groups in total. The maximum atomic E-state index is 3.64. The quantitative estimate of drug-likeness (QED) is 0.228. The first-order valence-electron chi connectivity index (χ1n) is 12.9. The molecule has 1 nitrogen and oxygen atoms in total. The van der Waals surface area contributed by atoms with Crippen LogP contribution >= 0.6 is 0 Å². The van der Waals surface area contributed by atoms with E-state index >= 15 is 0 Å². The van der Waals surface area contributed by atoms with Crippen LogP contribution < -0.4 is 5.32 Å². The van der Waals surface area contributed by atoms with E-state index in [1.54, 1.807) is 0 Å². The molecule has 0 radical (unpaired) electrons. The van der Waals surface area contributed by atoms with Gasteiger partial charge < -0.3 is 5.32 Å². The zero-order chi connectivity index (χ0) is 21.2. The molecule has 0 amide bonds. The lowest BCUT2D eigenvalue weighted by molar-refractivity contribution is 0.525. The minimum absolute atomic E-state index is 1.02. The second kappa shape index (κ2) is 18.0. The minimum atomic E-state index is 1.02. The molecule has 0 heterocycles. The third-order valence-electron chi connectivity index (χ3n) is 6.69. The van der Waals surface area contributed by atoms with E-state index in [2.05, 4.69) is 45.1 Å². The Hall–Kier alpha value is -0.820. The highest BCUT2D eigenvalue weighted by Gasteiger charge is 2.03. The largest absolute Gasteiger partial charge is 0.313 e. The maximum Gasteiger partial charge on any atom is 0.0208 e. The Balaban J connectivity index is 1.81. The summed E-state index contributed by atoms with van der Waals surface area (Å²) in [7, 11) is 0. The third kappa shape index (κ3) is 13.2. The van der Waals surface area contributed by atoms with Crippen molar-refractivity contribution in [2.24, 2.45) is 0 Å². The summed E-state index contributed by atoms with van der Waals surface area (Å²) >= 11 is 0. The maximum absolute atomic E-state index is 3.64. The van der Waals surface area contributed by atoms with Gasteiger partial charge in [0.2, 0.25) is 0 Å². The fourth-order valence-corrected chi connectivity index (χ4v) is 4.22. The predicted molar refractivity (Wildman–Crippen MR) is 132 cm³/mol. The molecule has 1 aromatic carbocycles. The molecule has 0 spiro atoms. The SMILES string of the molecule is CCCCCCCCCCCCCCCCCCNCc1ccc(C)c(C)c1C. The van der Waals surface area contributed by atoms with Gasteiger partial charge in [0.15, 0.2) is 0 Å². The molecule has 29 heavy (non-hydrogen) atoms. The van der Waals surface area contributed by atoms with Crippen LogP contribution in [0.5, 0.6) is 0 Å². The fourth-order valence-electron chi connectivity index (χ4n) is 4.22. The van der Waals surface area contributed by atoms with Gasteiger partial charge in [-0.3, -0.25) is 0 Å². The van der Waals surface area contributed by atoms with Crippen molar-refractivity contribution in [2.45, 2.75) is 137 Å². The lowest BCUT2D eigenvalue weighted by atomic mass is 9.99. The topological polar surface area (TPSA) is 12.0 Å². The van der Waals surface area contributed by atoms with Gasteiger partial charge in [-0.2, -0.15) is 0 Å². The van der Waals surface area contributed by atoms with Crippen molar-refractivity contribution in [2.75, 3.05) is 6.54 Å². The molecule has 0 saturated carbocycles. The summed E-state index contributed by atoms with van der Waals surface area (Å²) in [5, 5.41) is 3.64. The molecule has 0 bridgehead atoms. The van der Waals surface area contributed by atoms with Gasteiger partial charge in [-0.15, -0.1) is 0 Å². The molecular weight excluding hydrogens is 350 g/mol. The first-order chi connectivity index (χ1) is 14.2. The number of benzene rings is 1. The summed E-state index contributed by atoms with van der Waals surface area (Å²) in [6.45, 7) is 11.2. The molecule has 0 fully saturated rings. The smallest absolute Gasteiger partial charge is 0.0208 e. The minimum Gasteiger partial charge on any atom is -0.313 e. The Morgan fingerprint density at radius 1 is 0.552 bits per heavy atom. The highest BCUT2D eigenvalue weighted by molar-refractivity contribution is 5.38. The van der Waals surface area contributed by atoms with Crippen molar-refractivity contribution in [3.63, 3.8) is 0 Å². The van der Waals surface area contributed by atoms with E-state index in [-0.39, 0.29) is 0 Å². The van der Waals surface area contributed by atoms with Gasteiger partial charge in [-0.25, -0.2) is 0 Å². The summed E-state index contributed by atoms with van der Waals surface area (Å²) in [6.07, 6.45) is 23.0. The van der Waals surface area contributed by atoms with Crippen LogP contribution in [-0.4, -0.2) is 6.54 Å². The molecule has 0 saturated heterocycles. The van der Waals surface area contributed by atoms with Gasteiger partial charge in [0.25, 0.3) is 0 Å². The number of aryl methyl sites for hydroxylation is 1. The normalized spacial score (nSPS) is 11.3. The Morgan fingerprint density at radius 3 is 1.48 bits per heavy atom. The van der Waals surface area contributed by atoms with Crippen molar-refractivity contribution in [3.05, 3.63) is 34.4 Å². The number of hydrogen-bond donors (Lipinski definition) is 1. The van der Waals surface area contributed by atoms with Gasteiger partial charge in [0, 0.05) is 6.54 Å². The van der Waals surface area contributed by atoms with Crippen LogP contribution in [0.3, 0.4) is 0 Å². The van der Waals surface area contributed by atoms with Crippen molar-refractivity contribution in [1.82, 2.24) is 5.32 Å². The van der Waals surface area contributed by atoms with Crippen molar-refractivity contribution in [1.29, 1.82) is 0 Å². The monoisotopic (exact) mass is 401 g/mol. The van der Waals surface area contributed by atoms with Gasteiger partial charge >= 0.3 is 0 Å². The van der Waals surface area contributed by atoms with Crippen LogP contribution in [0, 0.1) is 20.8 Å². The summed E-state index contributed by atoms with van der Waals surface area (Å²) in [4.78, 5) is 0. The number of nitrogens with one attached hydrogen (secondary N) is 1. The number of unbranched alkanes of at least 4 members (excludes halogenated alkanes) is 15. The van der Waals surface area contributed by atoms with Crippen LogP contribution in [0.4, 0.5) is 0 Å². The zero-order valence-corrected chi connectivity index (χ0v) is 20.4. The Labute approximate surface area is 183 Å². The van der Waals surface area contributed by atoms with E-state index in [4.69, 9.17) is 0 Å². The molecule has 1 rings (SSSR count). The van der Waals surface area contributed by atoms with E-state index in [1.165, 1.54) is 125 Å². The van der Waals surface area contributed by atoms with Crippen molar-refractivity contribution in [3.8, 4) is 0 Å². The molecule has 0 aliphatic carbocycles. The standard InChI is InChI=1S/C28H51N/c1-5-6-7-8-9-10-11-12-13-14-15-16-17-18-19-20-23-29-24-28-22-21-25(2)26(3)27(28)4/h21-22,29H,5-20,23-24H2,1-4H3. The van der Waals surface area contributed by atoms with Gasteiger partial charge in [0.1, 0.15) is 0 Å². The van der Waals surface area contributed by atoms with Crippen LogP contribution in [0.1, 0.15) is 132 Å². The number of hydrogen-bond acceptors (Lipinski definition) is 1. The molecule has 1 heteroatoms. The summed E-state index contributed by atoms with van der Waals surface area (Å²) < 4.78 is 0. The molecule has 0 atom stereocenters. The second-order valence-electron chi connectivity index (χ2n) is 9.27. The van der Waals surface area contributed by atoms with Crippen molar-refractivity contribution < 1.29 is 0 Å². The lowest BCUT2D eigenvalue weighted by Crippen LogP contribution is -2.15. The van der Waals surface area contributed by atoms with Crippen molar-refractivity contribution >= 4 is 0 Å². The zero-order valence-electron chi connectivity index (χ0n) is 20.4. The average Bonchev–Trinajstić information content (AvgIpc) is 2.72. The van der Waals surface area contributed by atoms with Gasteiger partial charge in [-0.05, 0) is 56.0 Å². The first-order valence-corrected chi connectivity index (χ1v) is 12.9. The Kier molecular flexibility index (Phi) is 16.3. The molecule has 0 unspecified atom stereocenters. The van der Waals surface area contributed by atoms with Crippen LogP contribution in [-0.2, 0) is 6.54 Å². The Bertz CT molecular complexity index is 505. The van der Waals surface area contributed by atoms with Gasteiger partial charge in [-0.1, -0.05) is 115 Å². The highest BCUT2D eigenvalue weighted by atomic mass is 14.8. The molecule has 0 aliphatic heterocycles. The second-order valence-corrected chi connectivity index (χ2v) is 9.27. The van der Waals surface area contributed by atoms with Crippen LogP contribution in [0.15, 0.2) is 12.1 Å². The molecule has 0 aliphatic rings. The summed E-state index contributed by atoms with van der Waals surface area (Å²) in [5.41, 5.74) is 5.78. The van der Waals surface area contributed by atoms with E-state index in [0.29, 0.717) is 0 Å². The predicted octanol–water partition coefficient (Wildman–Crippen LogP) is 8.96. The van der Waals surface area contributed by atoms with E-state index in [0.717, 1.165) is 13.1 Å². The molecular formula is C28H51N. The summed E-state index contributed by atoms with van der Waals surface area (Å²) in [6, 6.07) is 4.55. The molecule has 0 aromatic heterocycles. The lowest BCUT2D eigenvalue weighted by Gasteiger charge is -2.12. The van der Waals surface area contributed by atoms with E-state index < -0.39 is 0 Å². The number of rotatable bonds is 19. The molecule has 168 valence electrons.